The van der Waals surface area contributed by atoms with E-state index in [0.29, 0.717) is 11.9 Å². The Hall–Kier alpha value is -1.78. The van der Waals surface area contributed by atoms with E-state index in [1.54, 1.807) is 12.2 Å². The summed E-state index contributed by atoms with van der Waals surface area (Å²) in [6, 6.07) is 7.73. The highest BCUT2D eigenvalue weighted by molar-refractivity contribution is 6.53. The van der Waals surface area contributed by atoms with Crippen molar-refractivity contribution in [1.29, 1.82) is 0 Å². The molecule has 4 heteroatoms. The lowest BCUT2D eigenvalue weighted by Gasteiger charge is -1.97. The van der Waals surface area contributed by atoms with Crippen LogP contribution in [0.3, 0.4) is 0 Å². The van der Waals surface area contributed by atoms with Gasteiger partial charge in [0.05, 0.1) is 0 Å². The molecular weight excluding hydrogens is 215 g/mol. The van der Waals surface area contributed by atoms with Gasteiger partial charge in [0.1, 0.15) is 11.0 Å². The van der Waals surface area contributed by atoms with Crippen LogP contribution < -0.4 is 10.6 Å². The Balaban J connectivity index is 2.38. The van der Waals surface area contributed by atoms with Crippen LogP contribution in [-0.4, -0.2) is 17.2 Å². The van der Waals surface area contributed by atoms with Gasteiger partial charge in [0.2, 0.25) is 0 Å². The van der Waals surface area contributed by atoms with Gasteiger partial charge in [0, 0.05) is 10.6 Å². The van der Waals surface area contributed by atoms with Crippen molar-refractivity contribution >= 4 is 30.2 Å². The first-order chi connectivity index (χ1) is 8.25. The number of hydrogen-bond donors (Lipinski definition) is 2. The molecule has 1 aliphatic rings. The number of para-hydroxylation sites is 1. The van der Waals surface area contributed by atoms with Crippen molar-refractivity contribution in [1.82, 2.24) is 0 Å². The third-order valence-corrected chi connectivity index (χ3v) is 2.93. The summed E-state index contributed by atoms with van der Waals surface area (Å²) in [7, 11) is -1.44. The summed E-state index contributed by atoms with van der Waals surface area (Å²) in [6.07, 6.45) is 6.14. The standard InChI is InChI=1S/C13H11BO3/c15-14(16)9-4-3-7-13-11(8-9)10-5-1-2-6-12(10)17-13/h1-2,4-8,15-16H,3H2. The molecule has 0 fully saturated rings. The van der Waals surface area contributed by atoms with Gasteiger partial charge in [-0.1, -0.05) is 30.4 Å². The van der Waals surface area contributed by atoms with E-state index < -0.39 is 7.12 Å². The van der Waals surface area contributed by atoms with E-state index in [9.17, 15) is 10.0 Å². The zero-order valence-corrected chi connectivity index (χ0v) is 9.13. The highest BCUT2D eigenvalue weighted by Crippen LogP contribution is 2.10. The first kappa shape index (κ1) is 10.4. The van der Waals surface area contributed by atoms with Gasteiger partial charge >= 0.3 is 7.12 Å². The van der Waals surface area contributed by atoms with Crippen molar-refractivity contribution in [3.05, 3.63) is 46.4 Å². The van der Waals surface area contributed by atoms with Crippen LogP contribution in [0, 0.1) is 0 Å². The number of fused-ring (bicyclic) bond motifs is 3. The fourth-order valence-electron chi connectivity index (χ4n) is 2.09. The topological polar surface area (TPSA) is 53.6 Å². The highest BCUT2D eigenvalue weighted by atomic mass is 16.4. The normalized spacial score (nSPS) is 14.4. The van der Waals surface area contributed by atoms with Crippen LogP contribution in [0.25, 0.3) is 23.1 Å². The molecule has 0 atom stereocenters. The Kier molecular flexibility index (Phi) is 2.39. The molecule has 0 amide bonds. The number of hydrogen-bond acceptors (Lipinski definition) is 3. The van der Waals surface area contributed by atoms with Crippen LogP contribution in [0.5, 0.6) is 0 Å². The third kappa shape index (κ3) is 1.71. The second-order valence-electron chi connectivity index (χ2n) is 4.04. The first-order valence-electron chi connectivity index (χ1n) is 5.51. The summed E-state index contributed by atoms with van der Waals surface area (Å²) in [4.78, 5) is 0. The van der Waals surface area contributed by atoms with E-state index in [-0.39, 0.29) is 0 Å². The SMILES string of the molecule is OB(O)C1=CCC=c2oc3ccccc3c2=C1. The average Bonchev–Trinajstić information content (AvgIpc) is 2.53. The minimum atomic E-state index is -1.44. The quantitative estimate of drug-likeness (QED) is 0.689. The molecule has 1 aromatic carbocycles. The van der Waals surface area contributed by atoms with E-state index in [4.69, 9.17) is 4.42 Å². The van der Waals surface area contributed by atoms with Crippen LogP contribution in [0.4, 0.5) is 0 Å². The molecule has 1 aliphatic carbocycles. The molecule has 1 aromatic heterocycles. The van der Waals surface area contributed by atoms with E-state index in [2.05, 4.69) is 0 Å². The number of furan rings is 1. The van der Waals surface area contributed by atoms with Gasteiger partial charge in [-0.05, 0) is 24.0 Å². The van der Waals surface area contributed by atoms with Gasteiger partial charge in [-0.15, -0.1) is 0 Å². The van der Waals surface area contributed by atoms with Gasteiger partial charge in [-0.3, -0.25) is 0 Å². The second-order valence-corrected chi connectivity index (χ2v) is 4.04. The van der Waals surface area contributed by atoms with Crippen LogP contribution in [0.15, 0.2) is 40.2 Å². The molecule has 0 spiro atoms. The van der Waals surface area contributed by atoms with Crippen LogP contribution in [-0.2, 0) is 0 Å². The molecule has 3 nitrogen and oxygen atoms in total. The largest absolute Gasteiger partial charge is 0.488 e. The fourth-order valence-corrected chi connectivity index (χ4v) is 2.09. The van der Waals surface area contributed by atoms with Crippen molar-refractivity contribution in [3.63, 3.8) is 0 Å². The van der Waals surface area contributed by atoms with Crippen molar-refractivity contribution < 1.29 is 14.5 Å². The number of rotatable bonds is 1. The molecule has 0 saturated heterocycles. The summed E-state index contributed by atoms with van der Waals surface area (Å²) in [5.74, 6) is 0. The van der Waals surface area contributed by atoms with Crippen molar-refractivity contribution in [2.45, 2.75) is 6.42 Å². The molecule has 2 N–H and O–H groups in total. The van der Waals surface area contributed by atoms with E-state index in [0.717, 1.165) is 21.6 Å². The molecule has 0 saturated carbocycles. The lowest BCUT2D eigenvalue weighted by Crippen LogP contribution is -2.22. The molecule has 17 heavy (non-hydrogen) atoms. The van der Waals surface area contributed by atoms with Crippen LogP contribution in [0.2, 0.25) is 0 Å². The lowest BCUT2D eigenvalue weighted by molar-refractivity contribution is 0.421. The summed E-state index contributed by atoms with van der Waals surface area (Å²) in [5.41, 5.74) is 2.11. The van der Waals surface area contributed by atoms with Gasteiger partial charge in [0.25, 0.3) is 0 Å². The number of allylic oxidation sites excluding steroid dienone is 2. The Morgan fingerprint density at radius 2 is 1.94 bits per heavy atom. The Labute approximate surface area is 98.1 Å². The zero-order valence-electron chi connectivity index (χ0n) is 9.13. The summed E-state index contributed by atoms with van der Waals surface area (Å²) < 4.78 is 5.72. The molecule has 0 bridgehead atoms. The van der Waals surface area contributed by atoms with Gasteiger partial charge in [0.15, 0.2) is 0 Å². The number of benzene rings is 1. The summed E-state index contributed by atoms with van der Waals surface area (Å²) >= 11 is 0. The predicted octanol–water partition coefficient (Wildman–Crippen LogP) is 0.336. The van der Waals surface area contributed by atoms with Gasteiger partial charge in [-0.2, -0.15) is 0 Å². The molecule has 2 aromatic rings. The highest BCUT2D eigenvalue weighted by Gasteiger charge is 2.14. The molecule has 0 aliphatic heterocycles. The van der Waals surface area contributed by atoms with E-state index >= 15 is 0 Å². The first-order valence-corrected chi connectivity index (χ1v) is 5.51. The zero-order chi connectivity index (χ0) is 11.8. The average molecular weight is 226 g/mol. The van der Waals surface area contributed by atoms with E-state index in [1.165, 1.54) is 0 Å². The molecule has 3 rings (SSSR count). The fraction of sp³-hybridized carbons (Fsp3) is 0.0769. The molecule has 84 valence electrons. The summed E-state index contributed by atoms with van der Waals surface area (Å²) in [5, 5.41) is 20.4. The Bertz CT molecular complexity index is 710. The van der Waals surface area contributed by atoms with Gasteiger partial charge < -0.3 is 14.5 Å². The second kappa shape index (κ2) is 3.91. The monoisotopic (exact) mass is 226 g/mol. The molecule has 1 heterocycles. The van der Waals surface area contributed by atoms with Crippen molar-refractivity contribution in [2.75, 3.05) is 0 Å². The van der Waals surface area contributed by atoms with Crippen LogP contribution >= 0.6 is 0 Å². The minimum absolute atomic E-state index is 0.506. The molecule has 0 radical (unpaired) electrons. The van der Waals surface area contributed by atoms with Crippen molar-refractivity contribution in [3.8, 4) is 0 Å². The lowest BCUT2D eigenvalue weighted by atomic mass is 9.78. The van der Waals surface area contributed by atoms with Crippen LogP contribution in [0.1, 0.15) is 6.42 Å². The minimum Gasteiger partial charge on any atom is -0.456 e. The third-order valence-electron chi connectivity index (χ3n) is 2.93. The Morgan fingerprint density at radius 1 is 1.12 bits per heavy atom. The van der Waals surface area contributed by atoms with E-state index in [1.807, 2.05) is 30.3 Å². The molecular formula is C13H11BO3. The maximum absolute atomic E-state index is 9.25. The predicted molar refractivity (Wildman–Crippen MR) is 67.3 cm³/mol. The Morgan fingerprint density at radius 3 is 2.76 bits per heavy atom. The molecule has 0 unspecified atom stereocenters. The van der Waals surface area contributed by atoms with Gasteiger partial charge in [-0.25, -0.2) is 0 Å². The maximum Gasteiger partial charge on any atom is 0.488 e. The maximum atomic E-state index is 9.25. The van der Waals surface area contributed by atoms with Crippen molar-refractivity contribution in [2.24, 2.45) is 0 Å². The summed E-state index contributed by atoms with van der Waals surface area (Å²) in [6.45, 7) is 0. The smallest absolute Gasteiger partial charge is 0.456 e.